The van der Waals surface area contributed by atoms with Crippen LogP contribution in [0, 0.1) is 5.82 Å². The van der Waals surface area contributed by atoms with Gasteiger partial charge in [0.15, 0.2) is 0 Å². The highest BCUT2D eigenvalue weighted by molar-refractivity contribution is 7.21. The molecule has 0 N–H and O–H groups in total. The van der Waals surface area contributed by atoms with E-state index in [-0.39, 0.29) is 17.6 Å². The van der Waals surface area contributed by atoms with Crippen LogP contribution >= 0.6 is 11.3 Å². The Morgan fingerprint density at radius 3 is 2.29 bits per heavy atom. The quantitative estimate of drug-likeness (QED) is 0.552. The van der Waals surface area contributed by atoms with Gasteiger partial charge in [-0.1, -0.05) is 30.7 Å². The van der Waals surface area contributed by atoms with Gasteiger partial charge in [0.1, 0.15) is 5.82 Å². The van der Waals surface area contributed by atoms with Crippen molar-refractivity contribution in [2.24, 2.45) is 0 Å². The van der Waals surface area contributed by atoms with Crippen LogP contribution in [-0.2, 0) is 0 Å². The molecule has 1 saturated carbocycles. The third-order valence-electron chi connectivity index (χ3n) is 7.69. The van der Waals surface area contributed by atoms with Crippen LogP contribution in [0.15, 0.2) is 48.5 Å². The summed E-state index contributed by atoms with van der Waals surface area (Å²) in [6, 6.07) is 14.7. The number of carbonyl (C=O) groups excluding carboxylic acids is 2. The van der Waals surface area contributed by atoms with Crippen LogP contribution in [0.4, 0.5) is 4.39 Å². The zero-order valence-corrected chi connectivity index (χ0v) is 19.9. The van der Waals surface area contributed by atoms with Crippen molar-refractivity contribution < 1.29 is 14.0 Å². The number of carbonyl (C=O) groups is 2. The van der Waals surface area contributed by atoms with E-state index in [0.29, 0.717) is 25.0 Å². The highest BCUT2D eigenvalue weighted by Crippen LogP contribution is 2.45. The van der Waals surface area contributed by atoms with Gasteiger partial charge < -0.3 is 9.80 Å². The molecule has 0 bridgehead atoms. The maximum absolute atomic E-state index is 13.8. The standard InChI is InChI=1S/C27H28FN3O2S/c28-20-9-10-22-23(15-20)34-25(24(22)18-7-4-8-18)27(33)31-16-21(17-31)29-11-13-30(14-12-29)26(32)19-5-2-1-3-6-19/h1-3,5-6,9-10,15,18,21H,4,7-8,11-14,16-17H2. The molecule has 0 spiro atoms. The van der Waals surface area contributed by atoms with Crippen LogP contribution in [0.1, 0.15) is 50.8 Å². The van der Waals surface area contributed by atoms with E-state index in [2.05, 4.69) is 4.90 Å². The van der Waals surface area contributed by atoms with Gasteiger partial charge in [0.25, 0.3) is 11.8 Å². The predicted molar refractivity (Wildman–Crippen MR) is 132 cm³/mol. The highest BCUT2D eigenvalue weighted by atomic mass is 32.1. The van der Waals surface area contributed by atoms with Crippen molar-refractivity contribution in [2.75, 3.05) is 39.3 Å². The minimum absolute atomic E-state index is 0.0929. The number of likely N-dealkylation sites (tertiary alicyclic amines) is 1. The molecule has 34 heavy (non-hydrogen) atoms. The molecule has 3 fully saturated rings. The molecular weight excluding hydrogens is 449 g/mol. The van der Waals surface area contributed by atoms with Gasteiger partial charge in [-0.3, -0.25) is 14.5 Å². The fraction of sp³-hybridized carbons (Fsp3) is 0.407. The summed E-state index contributed by atoms with van der Waals surface area (Å²) in [5, 5.41) is 1.05. The molecule has 2 saturated heterocycles. The van der Waals surface area contributed by atoms with Gasteiger partial charge in [-0.25, -0.2) is 4.39 Å². The largest absolute Gasteiger partial charge is 0.336 e. The van der Waals surface area contributed by atoms with Crippen molar-refractivity contribution in [3.63, 3.8) is 0 Å². The average Bonchev–Trinajstić information content (AvgIpc) is 3.15. The van der Waals surface area contributed by atoms with Gasteiger partial charge in [0.2, 0.25) is 0 Å². The molecule has 0 unspecified atom stereocenters. The fourth-order valence-corrected chi connectivity index (χ4v) is 6.68. The Balaban J connectivity index is 1.09. The molecule has 2 aliphatic heterocycles. The van der Waals surface area contributed by atoms with Gasteiger partial charge >= 0.3 is 0 Å². The molecule has 2 aromatic carbocycles. The lowest BCUT2D eigenvalue weighted by atomic mass is 9.78. The number of amides is 2. The van der Waals surface area contributed by atoms with Gasteiger partial charge in [-0.15, -0.1) is 11.3 Å². The van der Waals surface area contributed by atoms with Gasteiger partial charge in [-0.05, 0) is 54.0 Å². The van der Waals surface area contributed by atoms with Crippen molar-refractivity contribution in [3.05, 3.63) is 70.4 Å². The van der Waals surface area contributed by atoms with E-state index < -0.39 is 0 Å². The molecule has 176 valence electrons. The zero-order chi connectivity index (χ0) is 23.2. The molecular formula is C27H28FN3O2S. The van der Waals surface area contributed by atoms with Gasteiger partial charge in [-0.2, -0.15) is 0 Å². The Morgan fingerprint density at radius 2 is 1.62 bits per heavy atom. The number of piperazine rings is 1. The second kappa shape index (κ2) is 8.78. The first kappa shape index (κ1) is 21.7. The van der Waals surface area contributed by atoms with E-state index in [1.165, 1.54) is 23.8 Å². The van der Waals surface area contributed by atoms with E-state index in [1.54, 1.807) is 6.07 Å². The number of nitrogens with zero attached hydrogens (tertiary/aromatic N) is 3. The monoisotopic (exact) mass is 477 g/mol. The minimum atomic E-state index is -0.248. The molecule has 1 aromatic heterocycles. The number of benzene rings is 2. The molecule has 3 aromatic rings. The van der Waals surface area contributed by atoms with Crippen molar-refractivity contribution in [3.8, 4) is 0 Å². The molecule has 5 nitrogen and oxygen atoms in total. The molecule has 6 rings (SSSR count). The van der Waals surface area contributed by atoms with Crippen LogP contribution < -0.4 is 0 Å². The van der Waals surface area contributed by atoms with Crippen molar-refractivity contribution in [1.29, 1.82) is 0 Å². The van der Waals surface area contributed by atoms with E-state index in [0.717, 1.165) is 65.1 Å². The minimum Gasteiger partial charge on any atom is -0.336 e. The summed E-state index contributed by atoms with van der Waals surface area (Å²) in [6.45, 7) is 4.54. The van der Waals surface area contributed by atoms with Crippen LogP contribution in [0.5, 0.6) is 0 Å². The first-order chi connectivity index (χ1) is 16.6. The smallest absolute Gasteiger partial charge is 0.264 e. The van der Waals surface area contributed by atoms with Crippen molar-refractivity contribution in [1.82, 2.24) is 14.7 Å². The SMILES string of the molecule is O=C(c1ccccc1)N1CCN(C2CN(C(=O)c3sc4cc(F)ccc4c3C3CCC3)C2)CC1. The number of rotatable bonds is 4. The maximum Gasteiger partial charge on any atom is 0.264 e. The molecule has 3 aliphatic rings. The summed E-state index contributed by atoms with van der Waals surface area (Å²) in [4.78, 5) is 33.2. The van der Waals surface area contributed by atoms with E-state index in [9.17, 15) is 14.0 Å². The topological polar surface area (TPSA) is 43.9 Å². The lowest BCUT2D eigenvalue weighted by Crippen LogP contribution is -2.64. The maximum atomic E-state index is 13.8. The number of fused-ring (bicyclic) bond motifs is 1. The van der Waals surface area contributed by atoms with Crippen LogP contribution in [-0.4, -0.2) is 71.8 Å². The number of hydrogen-bond donors (Lipinski definition) is 0. The first-order valence-electron chi connectivity index (χ1n) is 12.2. The number of halogens is 1. The van der Waals surface area contributed by atoms with Gasteiger partial charge in [0.05, 0.1) is 4.88 Å². The number of hydrogen-bond acceptors (Lipinski definition) is 4. The molecule has 3 heterocycles. The summed E-state index contributed by atoms with van der Waals surface area (Å²) in [7, 11) is 0. The number of thiophene rings is 1. The lowest BCUT2D eigenvalue weighted by Gasteiger charge is -2.48. The van der Waals surface area contributed by atoms with Crippen molar-refractivity contribution >= 4 is 33.2 Å². The Kier molecular flexibility index (Phi) is 5.62. The molecule has 2 amide bonds. The Morgan fingerprint density at radius 1 is 0.882 bits per heavy atom. The Hall–Kier alpha value is -2.77. The Bertz CT molecular complexity index is 1230. The summed E-state index contributed by atoms with van der Waals surface area (Å²) < 4.78 is 14.7. The fourth-order valence-electron chi connectivity index (χ4n) is 5.40. The summed E-state index contributed by atoms with van der Waals surface area (Å²) in [6.07, 6.45) is 3.41. The lowest BCUT2D eigenvalue weighted by molar-refractivity contribution is 0.00870. The van der Waals surface area contributed by atoms with E-state index in [1.807, 2.05) is 46.2 Å². The zero-order valence-electron chi connectivity index (χ0n) is 19.1. The third kappa shape index (κ3) is 3.81. The molecule has 7 heteroatoms. The molecule has 0 radical (unpaired) electrons. The summed E-state index contributed by atoms with van der Waals surface area (Å²) in [5.41, 5.74) is 1.88. The summed E-state index contributed by atoms with van der Waals surface area (Å²) >= 11 is 1.45. The molecule has 0 atom stereocenters. The normalized spacial score (nSPS) is 19.8. The predicted octanol–water partition coefficient (Wildman–Crippen LogP) is 4.59. The second-order valence-electron chi connectivity index (χ2n) is 9.67. The first-order valence-corrected chi connectivity index (χ1v) is 13.0. The molecule has 1 aliphatic carbocycles. The van der Waals surface area contributed by atoms with E-state index in [4.69, 9.17) is 0 Å². The second-order valence-corrected chi connectivity index (χ2v) is 10.7. The van der Waals surface area contributed by atoms with Crippen LogP contribution in [0.3, 0.4) is 0 Å². The Labute approximate surface area is 202 Å². The summed E-state index contributed by atoms with van der Waals surface area (Å²) in [5.74, 6) is 0.361. The average molecular weight is 478 g/mol. The third-order valence-corrected chi connectivity index (χ3v) is 8.84. The van der Waals surface area contributed by atoms with Crippen LogP contribution in [0.25, 0.3) is 10.1 Å². The van der Waals surface area contributed by atoms with Crippen LogP contribution in [0.2, 0.25) is 0 Å². The highest BCUT2D eigenvalue weighted by Gasteiger charge is 2.39. The van der Waals surface area contributed by atoms with Crippen molar-refractivity contribution in [2.45, 2.75) is 31.2 Å². The van der Waals surface area contributed by atoms with Gasteiger partial charge in [0, 0.05) is 55.6 Å². The van der Waals surface area contributed by atoms with E-state index >= 15 is 0 Å².